The number of para-hydroxylation sites is 1. The minimum atomic E-state index is 0.124. The minimum Gasteiger partial charge on any atom is -0.349 e. The van der Waals surface area contributed by atoms with E-state index in [1.54, 1.807) is 0 Å². The summed E-state index contributed by atoms with van der Waals surface area (Å²) >= 11 is 0. The molecule has 3 nitrogen and oxygen atoms in total. The molecule has 0 spiro atoms. The molecule has 3 aromatic rings. The minimum absolute atomic E-state index is 0.124. The van der Waals surface area contributed by atoms with Crippen molar-refractivity contribution >= 4 is 16.7 Å². The first-order valence-corrected chi connectivity index (χ1v) is 9.28. The lowest BCUT2D eigenvalue weighted by atomic mass is 9.87. The van der Waals surface area contributed by atoms with Gasteiger partial charge in [0.1, 0.15) is 5.82 Å². The third-order valence-electron chi connectivity index (χ3n) is 4.59. The highest BCUT2D eigenvalue weighted by molar-refractivity contribution is 5.91. The summed E-state index contributed by atoms with van der Waals surface area (Å²) in [5, 5.41) is 1.04. The molecule has 1 aromatic heterocycles. The Morgan fingerprint density at radius 3 is 2.11 bits per heavy atom. The van der Waals surface area contributed by atoms with Crippen molar-refractivity contribution in [2.45, 2.75) is 26.2 Å². The van der Waals surface area contributed by atoms with Crippen LogP contribution in [-0.2, 0) is 5.41 Å². The van der Waals surface area contributed by atoms with E-state index < -0.39 is 0 Å². The normalized spacial score (nSPS) is 11.4. The summed E-state index contributed by atoms with van der Waals surface area (Å²) in [4.78, 5) is 11.9. The molecular weight excluding hydrogens is 330 g/mol. The Morgan fingerprint density at radius 2 is 1.52 bits per heavy atom. The van der Waals surface area contributed by atoms with Crippen LogP contribution in [-0.4, -0.2) is 23.1 Å². The van der Waals surface area contributed by atoms with Gasteiger partial charge in [-0.15, -0.1) is 13.2 Å². The van der Waals surface area contributed by atoms with Crippen LogP contribution in [0, 0.1) is 0 Å². The van der Waals surface area contributed by atoms with Gasteiger partial charge in [0.25, 0.3) is 0 Å². The molecule has 0 aliphatic carbocycles. The second kappa shape index (κ2) is 7.75. The monoisotopic (exact) mass is 357 g/mol. The van der Waals surface area contributed by atoms with Gasteiger partial charge in [0.2, 0.25) is 0 Å². The number of aromatic nitrogens is 2. The van der Waals surface area contributed by atoms with Crippen molar-refractivity contribution in [1.82, 2.24) is 9.97 Å². The zero-order valence-electron chi connectivity index (χ0n) is 16.4. The van der Waals surface area contributed by atoms with Crippen molar-refractivity contribution in [3.05, 3.63) is 79.4 Å². The number of benzene rings is 2. The maximum absolute atomic E-state index is 4.92. The molecule has 0 saturated carbocycles. The number of rotatable bonds is 6. The Bertz CT molecular complexity index is 940. The smallest absolute Gasteiger partial charge is 0.162 e. The Morgan fingerprint density at radius 1 is 0.889 bits per heavy atom. The predicted octanol–water partition coefficient (Wildman–Crippen LogP) is 5.77. The van der Waals surface area contributed by atoms with Crippen molar-refractivity contribution in [2.75, 3.05) is 18.0 Å². The Balaban J connectivity index is 2.14. The number of hydrogen-bond acceptors (Lipinski definition) is 3. The first kappa shape index (κ1) is 18.8. The van der Waals surface area contributed by atoms with E-state index in [1.807, 2.05) is 30.4 Å². The topological polar surface area (TPSA) is 29.0 Å². The summed E-state index contributed by atoms with van der Waals surface area (Å²) in [5.74, 6) is 1.65. The van der Waals surface area contributed by atoms with Crippen LogP contribution in [0.1, 0.15) is 26.3 Å². The van der Waals surface area contributed by atoms with Crippen LogP contribution in [0.3, 0.4) is 0 Å². The predicted molar refractivity (Wildman–Crippen MR) is 116 cm³/mol. The lowest BCUT2D eigenvalue weighted by Gasteiger charge is -2.23. The molecule has 0 N–H and O–H groups in total. The van der Waals surface area contributed by atoms with Crippen LogP contribution in [0.25, 0.3) is 22.3 Å². The molecule has 138 valence electrons. The van der Waals surface area contributed by atoms with Crippen molar-refractivity contribution in [2.24, 2.45) is 0 Å². The molecule has 3 heteroatoms. The fourth-order valence-electron chi connectivity index (χ4n) is 3.11. The second-order valence-corrected chi connectivity index (χ2v) is 7.70. The maximum atomic E-state index is 4.92. The van der Waals surface area contributed by atoms with Crippen LogP contribution < -0.4 is 4.90 Å². The number of anilines is 1. The number of nitrogens with zero attached hydrogens (tertiary/aromatic N) is 3. The van der Waals surface area contributed by atoms with E-state index in [4.69, 9.17) is 9.97 Å². The zero-order chi connectivity index (χ0) is 19.4. The Labute approximate surface area is 162 Å². The highest BCUT2D eigenvalue weighted by Gasteiger charge is 2.16. The lowest BCUT2D eigenvalue weighted by molar-refractivity contribution is 0.590. The third-order valence-corrected chi connectivity index (χ3v) is 4.59. The highest BCUT2D eigenvalue weighted by atomic mass is 15.2. The van der Waals surface area contributed by atoms with E-state index in [2.05, 4.69) is 69.2 Å². The SMILES string of the molecule is C=CCN(CC=C)c1nc(-c2ccc(C(C)(C)C)cc2)nc2ccccc12. The second-order valence-electron chi connectivity index (χ2n) is 7.70. The fraction of sp³-hybridized carbons (Fsp3) is 0.250. The number of fused-ring (bicyclic) bond motifs is 1. The molecule has 2 aromatic carbocycles. The van der Waals surface area contributed by atoms with Gasteiger partial charge in [-0.1, -0.05) is 69.3 Å². The molecule has 0 aliphatic heterocycles. The van der Waals surface area contributed by atoms with E-state index in [0.29, 0.717) is 13.1 Å². The van der Waals surface area contributed by atoms with Gasteiger partial charge in [-0.3, -0.25) is 0 Å². The molecule has 0 radical (unpaired) electrons. The molecule has 0 bridgehead atoms. The van der Waals surface area contributed by atoms with Gasteiger partial charge < -0.3 is 4.90 Å². The van der Waals surface area contributed by atoms with E-state index in [1.165, 1.54) is 5.56 Å². The van der Waals surface area contributed by atoms with Crippen molar-refractivity contribution < 1.29 is 0 Å². The van der Waals surface area contributed by atoms with Crippen LogP contribution >= 0.6 is 0 Å². The molecule has 0 aliphatic rings. The zero-order valence-corrected chi connectivity index (χ0v) is 16.4. The Kier molecular flexibility index (Phi) is 5.41. The van der Waals surface area contributed by atoms with Crippen LogP contribution in [0.15, 0.2) is 73.8 Å². The van der Waals surface area contributed by atoms with Crippen molar-refractivity contribution in [1.29, 1.82) is 0 Å². The maximum Gasteiger partial charge on any atom is 0.162 e. The third kappa shape index (κ3) is 4.08. The summed E-state index contributed by atoms with van der Waals surface area (Å²) in [6.07, 6.45) is 3.77. The molecule has 3 rings (SSSR count). The summed E-state index contributed by atoms with van der Waals surface area (Å²) < 4.78 is 0. The molecule has 0 amide bonds. The molecule has 1 heterocycles. The average Bonchev–Trinajstić information content (AvgIpc) is 2.66. The van der Waals surface area contributed by atoms with E-state index in [0.717, 1.165) is 28.1 Å². The van der Waals surface area contributed by atoms with Gasteiger partial charge in [0, 0.05) is 24.0 Å². The lowest BCUT2D eigenvalue weighted by Crippen LogP contribution is -2.24. The van der Waals surface area contributed by atoms with Crippen molar-refractivity contribution in [3.8, 4) is 11.4 Å². The first-order chi connectivity index (χ1) is 12.9. The van der Waals surface area contributed by atoms with Gasteiger partial charge in [-0.05, 0) is 23.1 Å². The molecule has 0 atom stereocenters. The highest BCUT2D eigenvalue weighted by Crippen LogP contribution is 2.29. The van der Waals surface area contributed by atoms with Gasteiger partial charge in [0.15, 0.2) is 5.82 Å². The van der Waals surface area contributed by atoms with Crippen molar-refractivity contribution in [3.63, 3.8) is 0 Å². The van der Waals surface area contributed by atoms with Gasteiger partial charge in [0.05, 0.1) is 5.52 Å². The molecule has 0 fully saturated rings. The van der Waals surface area contributed by atoms with E-state index in [9.17, 15) is 0 Å². The summed E-state index contributed by atoms with van der Waals surface area (Å²) in [6.45, 7) is 15.8. The van der Waals surface area contributed by atoms with Crippen LogP contribution in [0.4, 0.5) is 5.82 Å². The van der Waals surface area contributed by atoms with Crippen LogP contribution in [0.2, 0.25) is 0 Å². The largest absolute Gasteiger partial charge is 0.349 e. The molecular formula is C24H27N3. The van der Waals surface area contributed by atoms with Crippen LogP contribution in [0.5, 0.6) is 0 Å². The average molecular weight is 358 g/mol. The van der Waals surface area contributed by atoms with Gasteiger partial charge in [-0.25, -0.2) is 9.97 Å². The number of hydrogen-bond donors (Lipinski definition) is 0. The summed E-state index contributed by atoms with van der Waals surface area (Å²) in [5.41, 5.74) is 3.38. The van der Waals surface area contributed by atoms with E-state index >= 15 is 0 Å². The van der Waals surface area contributed by atoms with Gasteiger partial charge in [-0.2, -0.15) is 0 Å². The summed E-state index contributed by atoms with van der Waals surface area (Å²) in [6, 6.07) is 16.7. The molecule has 0 saturated heterocycles. The Hall–Kier alpha value is -2.94. The first-order valence-electron chi connectivity index (χ1n) is 9.28. The standard InChI is InChI=1S/C24H27N3/c1-6-16-27(17-7-2)23-20-10-8-9-11-21(20)25-22(26-23)18-12-14-19(15-13-18)24(3,4)5/h6-15H,1-2,16-17H2,3-5H3. The van der Waals surface area contributed by atoms with Gasteiger partial charge >= 0.3 is 0 Å². The fourth-order valence-corrected chi connectivity index (χ4v) is 3.11. The quantitative estimate of drug-likeness (QED) is 0.524. The van der Waals surface area contributed by atoms with E-state index in [-0.39, 0.29) is 5.41 Å². The molecule has 27 heavy (non-hydrogen) atoms. The summed E-state index contributed by atoms with van der Waals surface area (Å²) in [7, 11) is 0. The molecule has 0 unspecified atom stereocenters.